The molecule has 0 atom stereocenters. The molecule has 0 unspecified atom stereocenters. The number of para-hydroxylation sites is 1. The summed E-state index contributed by atoms with van der Waals surface area (Å²) in [6.45, 7) is 3.84. The van der Waals surface area contributed by atoms with Crippen molar-refractivity contribution in [3.05, 3.63) is 58.6 Å². The lowest BCUT2D eigenvalue weighted by atomic mass is 10.1. The van der Waals surface area contributed by atoms with E-state index in [0.717, 1.165) is 42.9 Å². The van der Waals surface area contributed by atoms with E-state index < -0.39 is 0 Å². The van der Waals surface area contributed by atoms with Crippen LogP contribution in [0.25, 0.3) is 0 Å². The highest BCUT2D eigenvalue weighted by atomic mass is 35.5. The third-order valence-electron chi connectivity index (χ3n) is 4.27. The Morgan fingerprint density at radius 3 is 2.56 bits per heavy atom. The van der Waals surface area contributed by atoms with Crippen LogP contribution in [0.4, 0.5) is 11.4 Å². The second-order valence-electron chi connectivity index (χ2n) is 6.05. The van der Waals surface area contributed by atoms with Crippen molar-refractivity contribution in [3.8, 4) is 0 Å². The molecule has 2 aromatic carbocycles. The summed E-state index contributed by atoms with van der Waals surface area (Å²) in [6.07, 6.45) is 2.30. The summed E-state index contributed by atoms with van der Waals surface area (Å²) in [6, 6.07) is 13.1. The van der Waals surface area contributed by atoms with Crippen LogP contribution in [0.15, 0.2) is 42.5 Å². The Balaban J connectivity index is 1.74. The highest BCUT2D eigenvalue weighted by Crippen LogP contribution is 2.35. The first-order valence-corrected chi connectivity index (χ1v) is 9.06. The van der Waals surface area contributed by atoms with E-state index in [9.17, 15) is 4.79 Å². The maximum atomic E-state index is 12.4. The van der Waals surface area contributed by atoms with Crippen molar-refractivity contribution < 1.29 is 4.79 Å². The molecule has 3 rings (SSSR count). The quantitative estimate of drug-likeness (QED) is 0.784. The van der Waals surface area contributed by atoms with Gasteiger partial charge in [-0.3, -0.25) is 10.1 Å². The Bertz CT molecular complexity index is 803. The molecule has 1 heterocycles. The molecular weight excluding hydrogens is 354 g/mol. The van der Waals surface area contributed by atoms with Crippen LogP contribution in [-0.4, -0.2) is 24.1 Å². The molecule has 1 saturated heterocycles. The fraction of sp³-hybridized carbons (Fsp3) is 0.263. The van der Waals surface area contributed by atoms with Crippen LogP contribution in [0.3, 0.4) is 0 Å². The van der Waals surface area contributed by atoms with E-state index in [4.69, 9.17) is 23.8 Å². The van der Waals surface area contributed by atoms with Gasteiger partial charge >= 0.3 is 0 Å². The number of benzene rings is 2. The van der Waals surface area contributed by atoms with E-state index >= 15 is 0 Å². The first kappa shape index (κ1) is 17.7. The molecule has 1 aliphatic heterocycles. The molecule has 0 bridgehead atoms. The first-order chi connectivity index (χ1) is 12.1. The van der Waals surface area contributed by atoms with Crippen LogP contribution in [0.5, 0.6) is 0 Å². The van der Waals surface area contributed by atoms with Gasteiger partial charge in [0.05, 0.1) is 16.4 Å². The lowest BCUT2D eigenvalue weighted by Gasteiger charge is -2.23. The third kappa shape index (κ3) is 4.11. The van der Waals surface area contributed by atoms with Gasteiger partial charge in [-0.15, -0.1) is 0 Å². The summed E-state index contributed by atoms with van der Waals surface area (Å²) in [5.74, 6) is -0.222. The minimum atomic E-state index is -0.222. The van der Waals surface area contributed by atoms with E-state index in [0.29, 0.717) is 10.6 Å². The Morgan fingerprint density at radius 1 is 1.12 bits per heavy atom. The van der Waals surface area contributed by atoms with Crippen LogP contribution in [-0.2, 0) is 0 Å². The van der Waals surface area contributed by atoms with E-state index in [2.05, 4.69) is 15.5 Å². The minimum absolute atomic E-state index is 0.222. The predicted octanol–water partition coefficient (Wildman–Crippen LogP) is 4.38. The summed E-state index contributed by atoms with van der Waals surface area (Å²) >= 11 is 11.7. The van der Waals surface area contributed by atoms with Crippen molar-refractivity contribution in [1.82, 2.24) is 5.32 Å². The molecule has 0 saturated carbocycles. The highest BCUT2D eigenvalue weighted by Gasteiger charge is 2.19. The van der Waals surface area contributed by atoms with Gasteiger partial charge in [-0.1, -0.05) is 35.9 Å². The van der Waals surface area contributed by atoms with Crippen LogP contribution >= 0.6 is 23.8 Å². The summed E-state index contributed by atoms with van der Waals surface area (Å²) in [4.78, 5) is 14.6. The van der Waals surface area contributed by atoms with Crippen molar-refractivity contribution in [1.29, 1.82) is 0 Å². The van der Waals surface area contributed by atoms with Gasteiger partial charge in [0.2, 0.25) is 0 Å². The summed E-state index contributed by atoms with van der Waals surface area (Å²) in [5.41, 5.74) is 3.26. The van der Waals surface area contributed by atoms with E-state index in [1.165, 1.54) is 0 Å². The number of hydrogen-bond donors (Lipinski definition) is 2. The molecule has 0 aliphatic carbocycles. The SMILES string of the molecule is Cc1ccccc1C(=O)NC(=S)Nc1cccc(Cl)c1N1CCCC1. The van der Waals surface area contributed by atoms with Crippen LogP contribution in [0, 0.1) is 6.92 Å². The zero-order valence-electron chi connectivity index (χ0n) is 14.0. The largest absolute Gasteiger partial charge is 0.369 e. The molecule has 6 heteroatoms. The fourth-order valence-corrected chi connectivity index (χ4v) is 3.53. The van der Waals surface area contributed by atoms with Crippen molar-refractivity contribution in [2.45, 2.75) is 19.8 Å². The van der Waals surface area contributed by atoms with Crippen molar-refractivity contribution >= 4 is 46.2 Å². The van der Waals surface area contributed by atoms with Gasteiger partial charge in [0.25, 0.3) is 5.91 Å². The smallest absolute Gasteiger partial charge is 0.257 e. The number of rotatable bonds is 3. The van der Waals surface area contributed by atoms with E-state index in [1.54, 1.807) is 6.07 Å². The van der Waals surface area contributed by atoms with Crippen molar-refractivity contribution in [3.63, 3.8) is 0 Å². The summed E-state index contributed by atoms with van der Waals surface area (Å²) in [7, 11) is 0. The molecule has 130 valence electrons. The maximum absolute atomic E-state index is 12.4. The van der Waals surface area contributed by atoms with Gasteiger partial charge in [0.1, 0.15) is 0 Å². The molecule has 1 aliphatic rings. The zero-order chi connectivity index (χ0) is 17.8. The number of thiocarbonyl (C=S) groups is 1. The average Bonchev–Trinajstić information content (AvgIpc) is 3.09. The molecule has 4 nitrogen and oxygen atoms in total. The van der Waals surface area contributed by atoms with Crippen molar-refractivity contribution in [2.75, 3.05) is 23.3 Å². The van der Waals surface area contributed by atoms with Crippen LogP contribution < -0.4 is 15.5 Å². The fourth-order valence-electron chi connectivity index (χ4n) is 3.03. The molecule has 1 fully saturated rings. The number of nitrogens with zero attached hydrogens (tertiary/aromatic N) is 1. The molecule has 2 N–H and O–H groups in total. The van der Waals surface area contributed by atoms with Crippen LogP contribution in [0.2, 0.25) is 5.02 Å². The number of carbonyl (C=O) groups is 1. The van der Waals surface area contributed by atoms with Gasteiger partial charge in [-0.2, -0.15) is 0 Å². The topological polar surface area (TPSA) is 44.4 Å². The summed E-state index contributed by atoms with van der Waals surface area (Å²) < 4.78 is 0. The number of carbonyl (C=O) groups excluding carboxylic acids is 1. The molecule has 25 heavy (non-hydrogen) atoms. The Kier molecular flexibility index (Phi) is 5.56. The normalized spacial score (nSPS) is 13.6. The van der Waals surface area contributed by atoms with Gasteiger partial charge in [0.15, 0.2) is 5.11 Å². The number of nitrogens with one attached hydrogen (secondary N) is 2. The Hall–Kier alpha value is -2.11. The standard InChI is InChI=1S/C19H20ClN3OS/c1-13-7-2-3-8-14(13)18(24)22-19(25)21-16-10-6-9-15(20)17(16)23-11-4-5-12-23/h2-3,6-10H,4-5,11-12H2,1H3,(H2,21,22,24,25). The molecule has 2 aromatic rings. The average molecular weight is 374 g/mol. The van der Waals surface area contributed by atoms with Gasteiger partial charge in [-0.25, -0.2) is 0 Å². The summed E-state index contributed by atoms with van der Waals surface area (Å²) in [5, 5.41) is 6.80. The van der Waals surface area contributed by atoms with Gasteiger partial charge in [-0.05, 0) is 55.7 Å². The lowest BCUT2D eigenvalue weighted by Crippen LogP contribution is -2.35. The predicted molar refractivity (Wildman–Crippen MR) is 108 cm³/mol. The highest BCUT2D eigenvalue weighted by molar-refractivity contribution is 7.80. The lowest BCUT2D eigenvalue weighted by molar-refractivity contribution is 0.0977. The number of hydrogen-bond acceptors (Lipinski definition) is 3. The number of aryl methyl sites for hydroxylation is 1. The monoisotopic (exact) mass is 373 g/mol. The molecule has 0 radical (unpaired) electrons. The maximum Gasteiger partial charge on any atom is 0.257 e. The minimum Gasteiger partial charge on any atom is -0.369 e. The van der Waals surface area contributed by atoms with E-state index in [-0.39, 0.29) is 11.0 Å². The molecule has 1 amide bonds. The number of anilines is 2. The number of amides is 1. The second kappa shape index (κ2) is 7.85. The van der Waals surface area contributed by atoms with Crippen molar-refractivity contribution in [2.24, 2.45) is 0 Å². The third-order valence-corrected chi connectivity index (χ3v) is 4.78. The molecule has 0 aromatic heterocycles. The van der Waals surface area contributed by atoms with Gasteiger partial charge < -0.3 is 10.2 Å². The van der Waals surface area contributed by atoms with Crippen LogP contribution in [0.1, 0.15) is 28.8 Å². The number of halogens is 1. The molecular formula is C19H20ClN3OS. The van der Waals surface area contributed by atoms with Gasteiger partial charge in [0, 0.05) is 18.7 Å². The van der Waals surface area contributed by atoms with E-state index in [1.807, 2.05) is 43.3 Å². The second-order valence-corrected chi connectivity index (χ2v) is 6.87. The first-order valence-electron chi connectivity index (χ1n) is 8.27. The molecule has 0 spiro atoms. The Morgan fingerprint density at radius 2 is 1.84 bits per heavy atom. The Labute approximate surface area is 158 Å². The zero-order valence-corrected chi connectivity index (χ0v) is 15.6.